The number of ether oxygens (including phenoxy) is 2. The van der Waals surface area contributed by atoms with E-state index >= 15 is 0 Å². The van der Waals surface area contributed by atoms with Crippen LogP contribution in [0.3, 0.4) is 0 Å². The molecule has 0 amide bonds. The molecule has 0 saturated carbocycles. The van der Waals surface area contributed by atoms with Gasteiger partial charge < -0.3 is 14.8 Å². The maximum atomic E-state index is 5.75. The van der Waals surface area contributed by atoms with Crippen LogP contribution >= 0.6 is 0 Å². The standard InChI is InChI=1S/C16H22N2O2/c1-2-6-18(7-3-1)14-4-5-17-13-11-16-15(10-12(13)14)19-8-9-20-16/h10-11,14,17H,1-9H2. The molecule has 3 heterocycles. The Bertz CT molecular complexity index is 497. The molecule has 0 spiro atoms. The summed E-state index contributed by atoms with van der Waals surface area (Å²) in [6.45, 7) is 4.83. The number of nitrogens with zero attached hydrogens (tertiary/aromatic N) is 1. The smallest absolute Gasteiger partial charge is 0.163 e. The number of piperidine rings is 1. The van der Waals surface area contributed by atoms with Crippen molar-refractivity contribution in [2.75, 3.05) is 38.2 Å². The molecule has 108 valence electrons. The molecule has 1 aromatic carbocycles. The van der Waals surface area contributed by atoms with Gasteiger partial charge in [-0.1, -0.05) is 6.42 Å². The van der Waals surface area contributed by atoms with Gasteiger partial charge in [0.1, 0.15) is 13.2 Å². The lowest BCUT2D eigenvalue weighted by atomic mass is 9.94. The lowest BCUT2D eigenvalue weighted by Crippen LogP contribution is -2.37. The lowest BCUT2D eigenvalue weighted by Gasteiger charge is -2.39. The Morgan fingerprint density at radius 3 is 2.55 bits per heavy atom. The second-order valence-corrected chi connectivity index (χ2v) is 5.91. The summed E-state index contributed by atoms with van der Waals surface area (Å²) >= 11 is 0. The maximum Gasteiger partial charge on any atom is 0.163 e. The van der Waals surface area contributed by atoms with Crippen molar-refractivity contribution in [3.8, 4) is 11.5 Å². The molecule has 3 aliphatic rings. The SMILES string of the molecule is c1c2c(cc3c1OCCO3)C(N1CCCCC1)CCN2. The largest absolute Gasteiger partial charge is 0.486 e. The molecule has 1 fully saturated rings. The predicted octanol–water partition coefficient (Wildman–Crippen LogP) is 2.80. The fourth-order valence-corrected chi connectivity index (χ4v) is 3.64. The molecule has 3 aliphatic heterocycles. The molecule has 20 heavy (non-hydrogen) atoms. The highest BCUT2D eigenvalue weighted by molar-refractivity contribution is 5.63. The Morgan fingerprint density at radius 1 is 1.00 bits per heavy atom. The minimum Gasteiger partial charge on any atom is -0.486 e. The number of nitrogens with one attached hydrogen (secondary N) is 1. The van der Waals surface area contributed by atoms with Gasteiger partial charge in [0.15, 0.2) is 11.5 Å². The summed E-state index contributed by atoms with van der Waals surface area (Å²) < 4.78 is 11.4. The van der Waals surface area contributed by atoms with Crippen LogP contribution in [0.25, 0.3) is 0 Å². The van der Waals surface area contributed by atoms with E-state index in [4.69, 9.17) is 9.47 Å². The third-order valence-corrected chi connectivity index (χ3v) is 4.64. The summed E-state index contributed by atoms with van der Waals surface area (Å²) in [6.07, 6.45) is 5.25. The minimum absolute atomic E-state index is 0.544. The molecule has 4 rings (SSSR count). The van der Waals surface area contributed by atoms with Gasteiger partial charge in [0.2, 0.25) is 0 Å². The molecule has 1 aromatic rings. The third kappa shape index (κ3) is 2.12. The Kier molecular flexibility index (Phi) is 3.19. The summed E-state index contributed by atoms with van der Waals surface area (Å²) in [6, 6.07) is 4.87. The molecule has 1 unspecified atom stereocenters. The van der Waals surface area contributed by atoms with E-state index in [9.17, 15) is 0 Å². The zero-order valence-electron chi connectivity index (χ0n) is 11.9. The van der Waals surface area contributed by atoms with Crippen LogP contribution in [0.4, 0.5) is 5.69 Å². The van der Waals surface area contributed by atoms with Crippen molar-refractivity contribution in [2.45, 2.75) is 31.7 Å². The molecule has 4 heteroatoms. The highest BCUT2D eigenvalue weighted by atomic mass is 16.6. The van der Waals surface area contributed by atoms with E-state index in [0.717, 1.165) is 18.0 Å². The number of rotatable bonds is 1. The van der Waals surface area contributed by atoms with Crippen molar-refractivity contribution >= 4 is 5.69 Å². The number of hydrogen-bond donors (Lipinski definition) is 1. The number of hydrogen-bond acceptors (Lipinski definition) is 4. The van der Waals surface area contributed by atoms with E-state index in [0.29, 0.717) is 19.3 Å². The molecule has 4 nitrogen and oxygen atoms in total. The molecular formula is C16H22N2O2. The topological polar surface area (TPSA) is 33.7 Å². The van der Waals surface area contributed by atoms with E-state index in [1.165, 1.54) is 50.0 Å². The highest BCUT2D eigenvalue weighted by Gasteiger charge is 2.29. The highest BCUT2D eigenvalue weighted by Crippen LogP contribution is 2.42. The van der Waals surface area contributed by atoms with Gasteiger partial charge in [-0.05, 0) is 44.0 Å². The van der Waals surface area contributed by atoms with Gasteiger partial charge in [0.05, 0.1) is 0 Å². The second-order valence-electron chi connectivity index (χ2n) is 5.91. The van der Waals surface area contributed by atoms with E-state index in [1.807, 2.05) is 0 Å². The quantitative estimate of drug-likeness (QED) is 0.854. The Labute approximate surface area is 120 Å². The molecule has 1 atom stereocenters. The van der Waals surface area contributed by atoms with Gasteiger partial charge >= 0.3 is 0 Å². The first kappa shape index (κ1) is 12.3. The molecule has 1 saturated heterocycles. The first-order chi connectivity index (χ1) is 9.92. The molecule has 0 radical (unpaired) electrons. The lowest BCUT2D eigenvalue weighted by molar-refractivity contribution is 0.152. The van der Waals surface area contributed by atoms with Crippen molar-refractivity contribution < 1.29 is 9.47 Å². The van der Waals surface area contributed by atoms with Crippen LogP contribution < -0.4 is 14.8 Å². The van der Waals surface area contributed by atoms with E-state index in [1.54, 1.807) is 0 Å². The number of fused-ring (bicyclic) bond motifs is 2. The van der Waals surface area contributed by atoms with Gasteiger partial charge in [-0.3, -0.25) is 4.90 Å². The number of anilines is 1. The Balaban J connectivity index is 1.68. The Morgan fingerprint density at radius 2 is 1.75 bits per heavy atom. The van der Waals surface area contributed by atoms with E-state index in [2.05, 4.69) is 22.3 Å². The molecule has 0 bridgehead atoms. The Hall–Kier alpha value is -1.42. The third-order valence-electron chi connectivity index (χ3n) is 4.64. The van der Waals surface area contributed by atoms with Gasteiger partial charge in [0.25, 0.3) is 0 Å². The van der Waals surface area contributed by atoms with Crippen LogP contribution in [0.1, 0.15) is 37.3 Å². The van der Waals surface area contributed by atoms with Crippen molar-refractivity contribution in [3.63, 3.8) is 0 Å². The molecule has 0 aliphatic carbocycles. The van der Waals surface area contributed by atoms with Gasteiger partial charge in [-0.25, -0.2) is 0 Å². The summed E-state index contributed by atoms with van der Waals surface area (Å²) in [5, 5.41) is 3.52. The van der Waals surface area contributed by atoms with Crippen LogP contribution in [0.2, 0.25) is 0 Å². The van der Waals surface area contributed by atoms with Crippen molar-refractivity contribution in [2.24, 2.45) is 0 Å². The summed E-state index contributed by atoms with van der Waals surface area (Å²) in [7, 11) is 0. The summed E-state index contributed by atoms with van der Waals surface area (Å²) in [4.78, 5) is 2.65. The first-order valence-electron chi connectivity index (χ1n) is 7.83. The van der Waals surface area contributed by atoms with Crippen LogP contribution in [-0.4, -0.2) is 37.7 Å². The van der Waals surface area contributed by atoms with Gasteiger partial charge in [-0.15, -0.1) is 0 Å². The van der Waals surface area contributed by atoms with Crippen LogP contribution in [0, 0.1) is 0 Å². The summed E-state index contributed by atoms with van der Waals surface area (Å²) in [5.74, 6) is 1.81. The first-order valence-corrected chi connectivity index (χ1v) is 7.83. The average molecular weight is 274 g/mol. The fraction of sp³-hybridized carbons (Fsp3) is 0.625. The van der Waals surface area contributed by atoms with Crippen LogP contribution in [0.15, 0.2) is 12.1 Å². The fourth-order valence-electron chi connectivity index (χ4n) is 3.64. The molecule has 0 aromatic heterocycles. The predicted molar refractivity (Wildman–Crippen MR) is 78.7 cm³/mol. The number of likely N-dealkylation sites (tertiary alicyclic amines) is 1. The zero-order chi connectivity index (χ0) is 13.4. The number of benzene rings is 1. The minimum atomic E-state index is 0.544. The van der Waals surface area contributed by atoms with Crippen molar-refractivity contribution in [1.82, 2.24) is 4.90 Å². The van der Waals surface area contributed by atoms with Crippen LogP contribution in [0.5, 0.6) is 11.5 Å². The van der Waals surface area contributed by atoms with Gasteiger partial charge in [-0.2, -0.15) is 0 Å². The average Bonchev–Trinajstić information content (AvgIpc) is 2.53. The zero-order valence-corrected chi connectivity index (χ0v) is 11.9. The molecular weight excluding hydrogens is 252 g/mol. The summed E-state index contributed by atoms with van der Waals surface area (Å²) in [5.41, 5.74) is 2.62. The van der Waals surface area contributed by atoms with E-state index < -0.39 is 0 Å². The molecule has 1 N–H and O–H groups in total. The van der Waals surface area contributed by atoms with Crippen molar-refractivity contribution in [3.05, 3.63) is 17.7 Å². The normalized spacial score (nSPS) is 25.7. The maximum absolute atomic E-state index is 5.75. The monoisotopic (exact) mass is 274 g/mol. The van der Waals surface area contributed by atoms with E-state index in [-0.39, 0.29) is 0 Å². The van der Waals surface area contributed by atoms with Crippen molar-refractivity contribution in [1.29, 1.82) is 0 Å². The van der Waals surface area contributed by atoms with Crippen LogP contribution in [-0.2, 0) is 0 Å². The van der Waals surface area contributed by atoms with Gasteiger partial charge in [0, 0.05) is 24.3 Å². The second kappa shape index (κ2) is 5.17.